The normalized spacial score (nSPS) is 21.5. The van der Waals surface area contributed by atoms with Crippen LogP contribution in [0.5, 0.6) is 0 Å². The SMILES string of the molecule is CCSCCCC(C)(CBr)C1CC1. The van der Waals surface area contributed by atoms with Crippen molar-refractivity contribution in [3.05, 3.63) is 0 Å². The van der Waals surface area contributed by atoms with Gasteiger partial charge in [-0.15, -0.1) is 0 Å². The fourth-order valence-corrected chi connectivity index (χ4v) is 3.26. The molecule has 0 amide bonds. The second kappa shape index (κ2) is 5.65. The highest BCUT2D eigenvalue weighted by atomic mass is 79.9. The third-order valence-electron chi connectivity index (χ3n) is 3.11. The first-order valence-corrected chi connectivity index (χ1v) is 7.64. The Hall–Kier alpha value is 0.830. The van der Waals surface area contributed by atoms with Gasteiger partial charge in [0.15, 0.2) is 0 Å². The molecule has 1 saturated carbocycles. The Kier molecular flexibility index (Phi) is 5.17. The zero-order valence-corrected chi connectivity index (χ0v) is 11.2. The van der Waals surface area contributed by atoms with Gasteiger partial charge >= 0.3 is 0 Å². The quantitative estimate of drug-likeness (QED) is 0.487. The molecule has 0 aromatic carbocycles. The molecule has 13 heavy (non-hydrogen) atoms. The Balaban J connectivity index is 2.15. The van der Waals surface area contributed by atoms with Gasteiger partial charge in [0.2, 0.25) is 0 Å². The molecule has 0 aliphatic heterocycles. The maximum absolute atomic E-state index is 3.67. The average molecular weight is 265 g/mol. The number of alkyl halides is 1. The first-order valence-electron chi connectivity index (χ1n) is 5.36. The molecule has 78 valence electrons. The largest absolute Gasteiger partial charge is 0.162 e. The molecule has 0 bridgehead atoms. The molecule has 0 radical (unpaired) electrons. The van der Waals surface area contributed by atoms with Crippen LogP contribution in [0.4, 0.5) is 0 Å². The van der Waals surface area contributed by atoms with Crippen LogP contribution in [0.15, 0.2) is 0 Å². The lowest BCUT2D eigenvalue weighted by Crippen LogP contribution is -2.21. The number of thioether (sulfide) groups is 1. The van der Waals surface area contributed by atoms with E-state index in [1.165, 1.54) is 42.5 Å². The zero-order chi connectivity index (χ0) is 9.73. The standard InChI is InChI=1S/C11H21BrS/c1-3-13-8-4-7-11(2,9-12)10-5-6-10/h10H,3-9H2,1-2H3. The first-order chi connectivity index (χ1) is 6.23. The minimum absolute atomic E-state index is 0.605. The van der Waals surface area contributed by atoms with Gasteiger partial charge in [-0.05, 0) is 48.5 Å². The van der Waals surface area contributed by atoms with E-state index in [9.17, 15) is 0 Å². The lowest BCUT2D eigenvalue weighted by Gasteiger charge is -2.27. The van der Waals surface area contributed by atoms with Crippen molar-refractivity contribution in [3.63, 3.8) is 0 Å². The molecule has 1 atom stereocenters. The van der Waals surface area contributed by atoms with Gasteiger partial charge < -0.3 is 0 Å². The van der Waals surface area contributed by atoms with Gasteiger partial charge in [0.25, 0.3) is 0 Å². The highest BCUT2D eigenvalue weighted by Crippen LogP contribution is 2.49. The molecule has 0 saturated heterocycles. The van der Waals surface area contributed by atoms with Gasteiger partial charge in [0.1, 0.15) is 0 Å². The second-order valence-electron chi connectivity index (χ2n) is 4.36. The minimum atomic E-state index is 0.605. The predicted octanol–water partition coefficient (Wildman–Crippen LogP) is 4.33. The Morgan fingerprint density at radius 3 is 2.62 bits per heavy atom. The van der Waals surface area contributed by atoms with E-state index in [2.05, 4.69) is 41.5 Å². The molecule has 0 aromatic rings. The molecule has 1 unspecified atom stereocenters. The summed E-state index contributed by atoms with van der Waals surface area (Å²) in [7, 11) is 0. The molecule has 1 rings (SSSR count). The molecule has 0 heterocycles. The van der Waals surface area contributed by atoms with Crippen LogP contribution in [0.1, 0.15) is 39.5 Å². The van der Waals surface area contributed by atoms with Crippen LogP contribution in [0.25, 0.3) is 0 Å². The smallest absolute Gasteiger partial charge is 0.00879 e. The average Bonchev–Trinajstić information content (AvgIpc) is 2.95. The van der Waals surface area contributed by atoms with E-state index in [-0.39, 0.29) is 0 Å². The van der Waals surface area contributed by atoms with Gasteiger partial charge in [-0.1, -0.05) is 29.8 Å². The van der Waals surface area contributed by atoms with Gasteiger partial charge in [0.05, 0.1) is 0 Å². The van der Waals surface area contributed by atoms with Gasteiger partial charge in [-0.2, -0.15) is 11.8 Å². The topological polar surface area (TPSA) is 0 Å². The summed E-state index contributed by atoms with van der Waals surface area (Å²) >= 11 is 5.75. The number of halogens is 1. The maximum Gasteiger partial charge on any atom is 0.00879 e. The summed E-state index contributed by atoms with van der Waals surface area (Å²) in [5.41, 5.74) is 0.605. The lowest BCUT2D eigenvalue weighted by molar-refractivity contribution is 0.292. The summed E-state index contributed by atoms with van der Waals surface area (Å²) in [4.78, 5) is 0. The number of hydrogen-bond acceptors (Lipinski definition) is 1. The van der Waals surface area contributed by atoms with Crippen LogP contribution >= 0.6 is 27.7 Å². The van der Waals surface area contributed by atoms with Crippen molar-refractivity contribution in [1.29, 1.82) is 0 Å². The fourth-order valence-electron chi connectivity index (χ4n) is 1.88. The third-order valence-corrected chi connectivity index (χ3v) is 5.38. The van der Waals surface area contributed by atoms with Crippen molar-refractivity contribution >= 4 is 27.7 Å². The van der Waals surface area contributed by atoms with E-state index in [4.69, 9.17) is 0 Å². The van der Waals surface area contributed by atoms with E-state index in [1.807, 2.05) is 0 Å². The molecule has 1 fully saturated rings. The third kappa shape index (κ3) is 3.83. The van der Waals surface area contributed by atoms with Gasteiger partial charge in [-0.3, -0.25) is 0 Å². The number of hydrogen-bond donors (Lipinski definition) is 0. The Morgan fingerprint density at radius 1 is 1.46 bits per heavy atom. The van der Waals surface area contributed by atoms with Crippen molar-refractivity contribution in [2.75, 3.05) is 16.8 Å². The monoisotopic (exact) mass is 264 g/mol. The van der Waals surface area contributed by atoms with E-state index in [0.29, 0.717) is 5.41 Å². The Labute approximate surface area is 95.4 Å². The predicted molar refractivity (Wildman–Crippen MR) is 66.9 cm³/mol. The van der Waals surface area contributed by atoms with Crippen LogP contribution < -0.4 is 0 Å². The van der Waals surface area contributed by atoms with Crippen LogP contribution in [-0.4, -0.2) is 16.8 Å². The van der Waals surface area contributed by atoms with E-state index in [0.717, 1.165) is 5.92 Å². The summed E-state index contributed by atoms with van der Waals surface area (Å²) in [6, 6.07) is 0. The van der Waals surface area contributed by atoms with Crippen molar-refractivity contribution in [2.24, 2.45) is 11.3 Å². The molecule has 0 aromatic heterocycles. The van der Waals surface area contributed by atoms with Crippen molar-refractivity contribution in [2.45, 2.75) is 39.5 Å². The summed E-state index contributed by atoms with van der Waals surface area (Å²) in [6.07, 6.45) is 5.76. The lowest BCUT2D eigenvalue weighted by atomic mass is 9.83. The molecular weight excluding hydrogens is 244 g/mol. The molecule has 1 aliphatic carbocycles. The molecule has 2 heteroatoms. The van der Waals surface area contributed by atoms with E-state index >= 15 is 0 Å². The van der Waals surface area contributed by atoms with E-state index in [1.54, 1.807) is 0 Å². The van der Waals surface area contributed by atoms with Crippen LogP contribution in [0.3, 0.4) is 0 Å². The molecular formula is C11H21BrS. The van der Waals surface area contributed by atoms with Crippen molar-refractivity contribution in [1.82, 2.24) is 0 Å². The summed E-state index contributed by atoms with van der Waals surface area (Å²) in [6.45, 7) is 4.70. The second-order valence-corrected chi connectivity index (χ2v) is 6.32. The van der Waals surface area contributed by atoms with Gasteiger partial charge in [-0.25, -0.2) is 0 Å². The van der Waals surface area contributed by atoms with Crippen LogP contribution in [0, 0.1) is 11.3 Å². The summed E-state index contributed by atoms with van der Waals surface area (Å²) in [5, 5.41) is 1.20. The highest BCUT2D eigenvalue weighted by molar-refractivity contribution is 9.09. The van der Waals surface area contributed by atoms with Crippen molar-refractivity contribution in [3.8, 4) is 0 Å². The zero-order valence-electron chi connectivity index (χ0n) is 8.81. The highest BCUT2D eigenvalue weighted by Gasteiger charge is 2.39. The molecule has 0 N–H and O–H groups in total. The molecule has 1 aliphatic rings. The van der Waals surface area contributed by atoms with Crippen molar-refractivity contribution < 1.29 is 0 Å². The first kappa shape index (κ1) is 11.9. The Bertz CT molecular complexity index is 145. The minimum Gasteiger partial charge on any atom is -0.162 e. The Morgan fingerprint density at radius 2 is 2.15 bits per heavy atom. The van der Waals surface area contributed by atoms with Crippen LogP contribution in [-0.2, 0) is 0 Å². The van der Waals surface area contributed by atoms with Gasteiger partial charge in [0, 0.05) is 5.33 Å². The van der Waals surface area contributed by atoms with E-state index < -0.39 is 0 Å². The van der Waals surface area contributed by atoms with Crippen LogP contribution in [0.2, 0.25) is 0 Å². The summed E-state index contributed by atoms with van der Waals surface area (Å²) < 4.78 is 0. The number of rotatable bonds is 7. The summed E-state index contributed by atoms with van der Waals surface area (Å²) in [5.74, 6) is 3.65. The molecule has 0 spiro atoms. The fraction of sp³-hybridized carbons (Fsp3) is 1.00. The maximum atomic E-state index is 3.67. The molecule has 0 nitrogen and oxygen atoms in total.